The average Bonchev–Trinajstić information content (AvgIpc) is 2.44. The largest absolute Gasteiger partial charge is 0.309 e. The summed E-state index contributed by atoms with van der Waals surface area (Å²) in [6.45, 7) is 6.27. The van der Waals surface area contributed by atoms with Gasteiger partial charge >= 0.3 is 0 Å². The Labute approximate surface area is 130 Å². The molecule has 1 N–H and O–H groups in total. The van der Waals surface area contributed by atoms with Crippen LogP contribution in [0.5, 0.6) is 0 Å². The number of hydrogen-bond acceptors (Lipinski definition) is 2. The Morgan fingerprint density at radius 1 is 1.20 bits per heavy atom. The summed E-state index contributed by atoms with van der Waals surface area (Å²) < 4.78 is 13.5. The summed E-state index contributed by atoms with van der Waals surface area (Å²) in [6, 6.07) is 2.90. The maximum atomic E-state index is 13.5. The molecule has 0 amide bonds. The predicted octanol–water partition coefficient (Wildman–Crippen LogP) is 4.27. The number of rotatable bonds is 5. The minimum atomic E-state index is -0.421. The molecule has 1 saturated heterocycles. The quantitative estimate of drug-likeness (QED) is 0.816. The van der Waals surface area contributed by atoms with Crippen molar-refractivity contribution in [1.82, 2.24) is 10.2 Å². The SMILES string of the molecule is CC(NCCN1CCCCC1)c1cc(F)c(Cl)cc1Cl. The lowest BCUT2D eigenvalue weighted by molar-refractivity contribution is 0.227. The molecule has 1 aromatic rings. The first-order valence-electron chi connectivity index (χ1n) is 7.18. The summed E-state index contributed by atoms with van der Waals surface area (Å²) in [6.07, 6.45) is 3.94. The standard InChI is InChI=1S/C15H21Cl2FN2/c1-11(12-9-15(18)14(17)10-13(12)16)19-5-8-20-6-3-2-4-7-20/h9-11,19H,2-8H2,1H3. The van der Waals surface area contributed by atoms with Crippen LogP contribution >= 0.6 is 23.2 Å². The monoisotopic (exact) mass is 318 g/mol. The van der Waals surface area contributed by atoms with Crippen molar-refractivity contribution in [3.8, 4) is 0 Å². The van der Waals surface area contributed by atoms with E-state index in [4.69, 9.17) is 23.2 Å². The van der Waals surface area contributed by atoms with Gasteiger partial charge in [-0.3, -0.25) is 0 Å². The number of nitrogens with one attached hydrogen (secondary N) is 1. The fourth-order valence-electron chi connectivity index (χ4n) is 2.60. The van der Waals surface area contributed by atoms with E-state index in [0.29, 0.717) is 5.02 Å². The number of halogens is 3. The zero-order chi connectivity index (χ0) is 14.5. The van der Waals surface area contributed by atoms with E-state index in [0.717, 1.165) is 18.7 Å². The summed E-state index contributed by atoms with van der Waals surface area (Å²) in [4.78, 5) is 2.47. The van der Waals surface area contributed by atoms with Gasteiger partial charge in [0.2, 0.25) is 0 Å². The third kappa shape index (κ3) is 4.32. The summed E-state index contributed by atoms with van der Waals surface area (Å²) in [5.41, 5.74) is 0.757. The maximum Gasteiger partial charge on any atom is 0.142 e. The third-order valence-electron chi connectivity index (χ3n) is 3.83. The van der Waals surface area contributed by atoms with Gasteiger partial charge < -0.3 is 10.2 Å². The van der Waals surface area contributed by atoms with E-state index in [1.165, 1.54) is 44.5 Å². The van der Waals surface area contributed by atoms with Crippen LogP contribution in [0.15, 0.2) is 12.1 Å². The number of likely N-dealkylation sites (tertiary alicyclic amines) is 1. The van der Waals surface area contributed by atoms with Crippen LogP contribution in [-0.2, 0) is 0 Å². The van der Waals surface area contributed by atoms with Crippen molar-refractivity contribution < 1.29 is 4.39 Å². The van der Waals surface area contributed by atoms with Crippen LogP contribution in [0.25, 0.3) is 0 Å². The topological polar surface area (TPSA) is 15.3 Å². The Kier molecular flexibility index (Phi) is 6.09. The molecule has 1 fully saturated rings. The van der Waals surface area contributed by atoms with E-state index in [-0.39, 0.29) is 11.1 Å². The fourth-order valence-corrected chi connectivity index (χ4v) is 3.15. The van der Waals surface area contributed by atoms with E-state index in [9.17, 15) is 4.39 Å². The summed E-state index contributed by atoms with van der Waals surface area (Å²) in [5.74, 6) is -0.421. The zero-order valence-corrected chi connectivity index (χ0v) is 13.3. The highest BCUT2D eigenvalue weighted by atomic mass is 35.5. The van der Waals surface area contributed by atoms with Crippen molar-refractivity contribution in [1.29, 1.82) is 0 Å². The van der Waals surface area contributed by atoms with Crippen LogP contribution in [0.4, 0.5) is 4.39 Å². The molecule has 0 aliphatic carbocycles. The zero-order valence-electron chi connectivity index (χ0n) is 11.8. The molecule has 1 aromatic carbocycles. The molecule has 112 valence electrons. The van der Waals surface area contributed by atoms with Gasteiger partial charge in [-0.1, -0.05) is 29.6 Å². The van der Waals surface area contributed by atoms with E-state index < -0.39 is 5.82 Å². The Morgan fingerprint density at radius 3 is 2.60 bits per heavy atom. The van der Waals surface area contributed by atoms with Crippen LogP contribution in [-0.4, -0.2) is 31.1 Å². The van der Waals surface area contributed by atoms with E-state index in [1.54, 1.807) is 0 Å². The molecule has 0 aromatic heterocycles. The van der Waals surface area contributed by atoms with Crippen LogP contribution in [0.3, 0.4) is 0 Å². The Morgan fingerprint density at radius 2 is 1.90 bits per heavy atom. The molecule has 20 heavy (non-hydrogen) atoms. The smallest absolute Gasteiger partial charge is 0.142 e. The summed E-state index contributed by atoms with van der Waals surface area (Å²) >= 11 is 11.8. The molecule has 0 bridgehead atoms. The number of hydrogen-bond donors (Lipinski definition) is 1. The van der Waals surface area contributed by atoms with Gasteiger partial charge in [0.15, 0.2) is 0 Å². The maximum absolute atomic E-state index is 13.5. The summed E-state index contributed by atoms with van der Waals surface area (Å²) in [5, 5.41) is 3.98. The van der Waals surface area contributed by atoms with Crippen LogP contribution in [0, 0.1) is 5.82 Å². The highest BCUT2D eigenvalue weighted by Gasteiger charge is 2.14. The minimum absolute atomic E-state index is 0.0130. The second kappa shape index (κ2) is 7.60. The molecule has 0 spiro atoms. The molecule has 1 atom stereocenters. The number of nitrogens with zero attached hydrogens (tertiary/aromatic N) is 1. The normalized spacial score (nSPS) is 18.2. The molecule has 2 nitrogen and oxygen atoms in total. The molecule has 1 aliphatic rings. The van der Waals surface area contributed by atoms with Gasteiger partial charge in [-0.25, -0.2) is 4.39 Å². The Bertz CT molecular complexity index is 448. The van der Waals surface area contributed by atoms with Crippen LogP contribution in [0.2, 0.25) is 10.0 Å². The predicted molar refractivity (Wildman–Crippen MR) is 83.1 cm³/mol. The first-order valence-corrected chi connectivity index (χ1v) is 7.93. The number of benzene rings is 1. The molecule has 0 radical (unpaired) electrons. The average molecular weight is 319 g/mol. The molecule has 1 aliphatic heterocycles. The van der Waals surface area contributed by atoms with E-state index in [2.05, 4.69) is 10.2 Å². The van der Waals surface area contributed by atoms with Gasteiger partial charge in [0.25, 0.3) is 0 Å². The van der Waals surface area contributed by atoms with Gasteiger partial charge in [0.1, 0.15) is 5.82 Å². The van der Waals surface area contributed by atoms with Crippen LogP contribution in [0.1, 0.15) is 37.8 Å². The second-order valence-corrected chi connectivity index (χ2v) is 6.18. The lowest BCUT2D eigenvalue weighted by Gasteiger charge is -2.27. The van der Waals surface area contributed by atoms with E-state index in [1.807, 2.05) is 6.92 Å². The van der Waals surface area contributed by atoms with Gasteiger partial charge in [-0.05, 0) is 50.6 Å². The molecule has 1 unspecified atom stereocenters. The molecular weight excluding hydrogens is 298 g/mol. The van der Waals surface area contributed by atoms with E-state index >= 15 is 0 Å². The highest BCUT2D eigenvalue weighted by molar-refractivity contribution is 6.35. The van der Waals surface area contributed by atoms with Gasteiger partial charge in [-0.15, -0.1) is 0 Å². The highest BCUT2D eigenvalue weighted by Crippen LogP contribution is 2.28. The molecule has 5 heteroatoms. The van der Waals surface area contributed by atoms with Gasteiger partial charge in [0, 0.05) is 24.2 Å². The van der Waals surface area contributed by atoms with Crippen LogP contribution < -0.4 is 5.32 Å². The first kappa shape index (κ1) is 16.0. The van der Waals surface area contributed by atoms with Crippen molar-refractivity contribution in [2.24, 2.45) is 0 Å². The molecular formula is C15H21Cl2FN2. The van der Waals surface area contributed by atoms with Crippen molar-refractivity contribution in [3.63, 3.8) is 0 Å². The third-order valence-corrected chi connectivity index (χ3v) is 4.45. The minimum Gasteiger partial charge on any atom is -0.309 e. The molecule has 2 rings (SSSR count). The van der Waals surface area contributed by atoms with Crippen molar-refractivity contribution >= 4 is 23.2 Å². The molecule has 1 heterocycles. The second-order valence-electron chi connectivity index (χ2n) is 5.37. The van der Waals surface area contributed by atoms with Crippen molar-refractivity contribution in [2.45, 2.75) is 32.2 Å². The van der Waals surface area contributed by atoms with Gasteiger partial charge in [0.05, 0.1) is 5.02 Å². The molecule has 0 saturated carbocycles. The number of piperidine rings is 1. The Hall–Kier alpha value is -0.350. The summed E-state index contributed by atoms with van der Waals surface area (Å²) in [7, 11) is 0. The van der Waals surface area contributed by atoms with Gasteiger partial charge in [-0.2, -0.15) is 0 Å². The van der Waals surface area contributed by atoms with Crippen molar-refractivity contribution in [3.05, 3.63) is 33.6 Å². The van der Waals surface area contributed by atoms with Crippen molar-refractivity contribution in [2.75, 3.05) is 26.2 Å². The lowest BCUT2D eigenvalue weighted by Crippen LogP contribution is -2.36. The fraction of sp³-hybridized carbons (Fsp3) is 0.600. The first-order chi connectivity index (χ1) is 9.58. The Balaban J connectivity index is 1.85. The lowest BCUT2D eigenvalue weighted by atomic mass is 10.1.